The Morgan fingerprint density at radius 3 is 2.66 bits per heavy atom. The van der Waals surface area contributed by atoms with Crippen LogP contribution in [0, 0.1) is 5.82 Å². The molecule has 12 heteroatoms. The van der Waals surface area contributed by atoms with Crippen LogP contribution in [0.4, 0.5) is 17.6 Å². The van der Waals surface area contributed by atoms with Gasteiger partial charge in [-0.3, -0.25) is 9.30 Å². The van der Waals surface area contributed by atoms with Crippen LogP contribution >= 0.6 is 12.4 Å². The highest BCUT2D eigenvalue weighted by atomic mass is 35.5. The molecule has 4 aromatic rings. The fourth-order valence-electron chi connectivity index (χ4n) is 4.42. The molecular formula is C23H23ClF4N6O. The van der Waals surface area contributed by atoms with E-state index in [9.17, 15) is 17.6 Å². The minimum Gasteiger partial charge on any atom is -0.491 e. The van der Waals surface area contributed by atoms with Crippen LogP contribution in [0.2, 0.25) is 0 Å². The number of alkyl halides is 3. The van der Waals surface area contributed by atoms with E-state index < -0.39 is 18.0 Å². The summed E-state index contributed by atoms with van der Waals surface area (Å²) in [7, 11) is 0. The Kier molecular flexibility index (Phi) is 6.85. The highest BCUT2D eigenvalue weighted by Gasteiger charge is 2.46. The Labute approximate surface area is 204 Å². The summed E-state index contributed by atoms with van der Waals surface area (Å²) in [6, 6.07) is 6.96. The van der Waals surface area contributed by atoms with E-state index in [1.165, 1.54) is 39.8 Å². The van der Waals surface area contributed by atoms with Crippen LogP contribution in [0.15, 0.2) is 42.6 Å². The normalized spacial score (nSPS) is 17.6. The maximum atomic E-state index is 14.2. The molecule has 0 amide bonds. The summed E-state index contributed by atoms with van der Waals surface area (Å²) < 4.78 is 63.2. The number of hydrogen-bond donors (Lipinski definition) is 1. The number of nitrogens with zero attached hydrogens (tertiary/aromatic N) is 5. The van der Waals surface area contributed by atoms with Crippen LogP contribution in [0.25, 0.3) is 28.1 Å². The van der Waals surface area contributed by atoms with Crippen LogP contribution in [0.3, 0.4) is 0 Å². The molecule has 2 N–H and O–H groups in total. The van der Waals surface area contributed by atoms with Crippen molar-refractivity contribution in [1.29, 1.82) is 0 Å². The summed E-state index contributed by atoms with van der Waals surface area (Å²) in [5, 5.41) is 8.79. The summed E-state index contributed by atoms with van der Waals surface area (Å²) in [6.45, 7) is 2.48. The van der Waals surface area contributed by atoms with Gasteiger partial charge in [0.1, 0.15) is 11.7 Å². The van der Waals surface area contributed by atoms with Crippen molar-refractivity contribution < 1.29 is 22.3 Å². The maximum absolute atomic E-state index is 14.2. The molecule has 1 aliphatic rings. The molecule has 0 saturated carbocycles. The summed E-state index contributed by atoms with van der Waals surface area (Å²) in [5.74, 6) is -0.147. The molecule has 7 nitrogen and oxygen atoms in total. The zero-order valence-electron chi connectivity index (χ0n) is 18.7. The van der Waals surface area contributed by atoms with E-state index in [2.05, 4.69) is 15.2 Å². The third-order valence-corrected chi connectivity index (χ3v) is 5.94. The molecule has 0 aliphatic carbocycles. The Bertz CT molecular complexity index is 1360. The SMILES string of the molecule is CCOc1cc2nc(-c3nnc4ccc([C@@H](N5CCC(N)C5)C(F)(F)F)cn34)ccc2cc1F.Cl. The molecule has 1 unspecified atom stereocenters. The largest absolute Gasteiger partial charge is 0.491 e. The lowest BCUT2D eigenvalue weighted by molar-refractivity contribution is -0.183. The molecule has 1 aromatic carbocycles. The van der Waals surface area contributed by atoms with E-state index in [4.69, 9.17) is 10.5 Å². The lowest BCUT2D eigenvalue weighted by Gasteiger charge is -2.30. The van der Waals surface area contributed by atoms with Gasteiger partial charge >= 0.3 is 6.18 Å². The Morgan fingerprint density at radius 1 is 1.17 bits per heavy atom. The quantitative estimate of drug-likeness (QED) is 0.397. The molecule has 5 rings (SSSR count). The zero-order valence-corrected chi connectivity index (χ0v) is 19.5. The fourth-order valence-corrected chi connectivity index (χ4v) is 4.42. The van der Waals surface area contributed by atoms with Crippen molar-refractivity contribution in [3.63, 3.8) is 0 Å². The van der Waals surface area contributed by atoms with E-state index in [0.29, 0.717) is 35.3 Å². The van der Waals surface area contributed by atoms with Gasteiger partial charge in [-0.25, -0.2) is 9.37 Å². The van der Waals surface area contributed by atoms with E-state index in [1.807, 2.05) is 0 Å². The average molecular weight is 511 g/mol. The molecular weight excluding hydrogens is 488 g/mol. The topological polar surface area (TPSA) is 81.6 Å². The second kappa shape index (κ2) is 9.56. The fraction of sp³-hybridized carbons (Fsp3) is 0.348. The van der Waals surface area contributed by atoms with Gasteiger partial charge in [-0.15, -0.1) is 22.6 Å². The molecule has 0 bridgehead atoms. The van der Waals surface area contributed by atoms with Crippen molar-refractivity contribution in [2.24, 2.45) is 5.73 Å². The van der Waals surface area contributed by atoms with Crippen LogP contribution in [-0.4, -0.2) is 56.4 Å². The zero-order chi connectivity index (χ0) is 24.0. The predicted molar refractivity (Wildman–Crippen MR) is 125 cm³/mol. The highest BCUT2D eigenvalue weighted by Crippen LogP contribution is 2.39. The Morgan fingerprint density at radius 2 is 1.97 bits per heavy atom. The molecule has 1 saturated heterocycles. The second-order valence-corrected chi connectivity index (χ2v) is 8.31. The standard InChI is InChI=1S/C23H22F4N6O.ClH/c1-2-34-19-10-18-13(9-16(19)24)3-5-17(29-18)22-31-30-20-6-4-14(11-33(20)22)21(23(25,26)27)32-8-7-15(28)12-32;/h3-6,9-11,15,21H,2,7-8,12,28H2,1H3;1H/t15?,21-;/m1./s1. The first kappa shape index (κ1) is 25.1. The van der Waals surface area contributed by atoms with Gasteiger partial charge in [0.2, 0.25) is 0 Å². The van der Waals surface area contributed by atoms with Gasteiger partial charge in [-0.05, 0) is 37.1 Å². The third kappa shape index (κ3) is 4.75. The minimum atomic E-state index is -4.48. The highest BCUT2D eigenvalue weighted by molar-refractivity contribution is 5.85. The number of ether oxygens (including phenoxy) is 1. The summed E-state index contributed by atoms with van der Waals surface area (Å²) >= 11 is 0. The number of benzene rings is 1. The van der Waals surface area contributed by atoms with Crippen LogP contribution in [0.5, 0.6) is 5.75 Å². The van der Waals surface area contributed by atoms with Crippen molar-refractivity contribution in [3.05, 3.63) is 54.0 Å². The summed E-state index contributed by atoms with van der Waals surface area (Å²) in [5.41, 5.74) is 7.17. The predicted octanol–water partition coefficient (Wildman–Crippen LogP) is 4.54. The summed E-state index contributed by atoms with van der Waals surface area (Å²) in [4.78, 5) is 5.90. The van der Waals surface area contributed by atoms with Crippen LogP contribution < -0.4 is 10.5 Å². The molecule has 186 valence electrons. The molecule has 0 spiro atoms. The molecule has 3 aromatic heterocycles. The van der Waals surface area contributed by atoms with Gasteiger partial charge in [-0.1, -0.05) is 12.1 Å². The lowest BCUT2D eigenvalue weighted by atomic mass is 10.1. The number of pyridine rings is 2. The lowest BCUT2D eigenvalue weighted by Crippen LogP contribution is -2.38. The molecule has 2 atom stereocenters. The van der Waals surface area contributed by atoms with Crippen LogP contribution in [0.1, 0.15) is 24.9 Å². The Balaban J connectivity index is 0.00000289. The molecule has 4 heterocycles. The molecule has 1 fully saturated rings. The first-order valence-electron chi connectivity index (χ1n) is 10.9. The number of nitrogens with two attached hydrogens (primary N) is 1. The molecule has 1 aliphatic heterocycles. The van der Waals surface area contributed by atoms with Crippen molar-refractivity contribution in [2.45, 2.75) is 31.6 Å². The second-order valence-electron chi connectivity index (χ2n) is 8.31. The van der Waals surface area contributed by atoms with E-state index in [1.54, 1.807) is 19.1 Å². The van der Waals surface area contributed by atoms with Crippen molar-refractivity contribution >= 4 is 29.0 Å². The van der Waals surface area contributed by atoms with Gasteiger partial charge in [0.05, 0.1) is 12.1 Å². The van der Waals surface area contributed by atoms with Gasteiger partial charge in [-0.2, -0.15) is 13.2 Å². The van der Waals surface area contributed by atoms with Gasteiger partial charge in [0, 0.05) is 36.8 Å². The van der Waals surface area contributed by atoms with E-state index in [0.717, 1.165) is 0 Å². The number of likely N-dealkylation sites (tertiary alicyclic amines) is 1. The van der Waals surface area contributed by atoms with E-state index >= 15 is 0 Å². The van der Waals surface area contributed by atoms with Crippen molar-refractivity contribution in [2.75, 3.05) is 19.7 Å². The first-order valence-corrected chi connectivity index (χ1v) is 10.9. The Hall–Kier alpha value is -3.02. The monoisotopic (exact) mass is 510 g/mol. The minimum absolute atomic E-state index is 0. The van der Waals surface area contributed by atoms with Gasteiger partial charge < -0.3 is 10.5 Å². The number of fused-ring (bicyclic) bond motifs is 2. The number of rotatable bonds is 5. The molecule has 35 heavy (non-hydrogen) atoms. The smallest absolute Gasteiger partial charge is 0.408 e. The first-order chi connectivity index (χ1) is 16.2. The maximum Gasteiger partial charge on any atom is 0.408 e. The van der Waals surface area contributed by atoms with Gasteiger partial charge in [0.25, 0.3) is 0 Å². The van der Waals surface area contributed by atoms with Crippen LogP contribution in [-0.2, 0) is 0 Å². The number of hydrogen-bond acceptors (Lipinski definition) is 6. The molecule has 0 radical (unpaired) electrons. The number of aromatic nitrogens is 4. The third-order valence-electron chi connectivity index (χ3n) is 5.94. The van der Waals surface area contributed by atoms with Crippen molar-refractivity contribution in [1.82, 2.24) is 24.5 Å². The number of halogens is 5. The average Bonchev–Trinajstić information content (AvgIpc) is 3.39. The van der Waals surface area contributed by atoms with Gasteiger partial charge in [0.15, 0.2) is 23.0 Å². The van der Waals surface area contributed by atoms with Crippen molar-refractivity contribution in [3.8, 4) is 17.3 Å². The summed E-state index contributed by atoms with van der Waals surface area (Å²) in [6.07, 6.45) is -2.57. The van der Waals surface area contributed by atoms with E-state index in [-0.39, 0.29) is 48.7 Å².